The molecule has 0 aliphatic heterocycles. The Hall–Kier alpha value is -2.04. The highest BCUT2D eigenvalue weighted by Gasteiger charge is 2.04. The van der Waals surface area contributed by atoms with E-state index in [0.717, 1.165) is 49.9 Å². The van der Waals surface area contributed by atoms with Gasteiger partial charge in [0.05, 0.1) is 0 Å². The number of nitrogens with one attached hydrogen (secondary N) is 3. The number of nitrogens with zero attached hydrogens (tertiary/aromatic N) is 1. The number of aliphatic imine (C=N–C) groups is 1. The third kappa shape index (κ3) is 7.99. The molecule has 0 saturated heterocycles. The first-order chi connectivity index (χ1) is 11.6. The molecule has 0 atom stereocenters. The Bertz CT molecular complexity index is 526. The van der Waals surface area contributed by atoms with Crippen molar-refractivity contribution in [2.24, 2.45) is 10.9 Å². The molecule has 5 nitrogen and oxygen atoms in total. The molecular formula is C19H32N4O. The van der Waals surface area contributed by atoms with Gasteiger partial charge in [0.25, 0.3) is 5.91 Å². The van der Waals surface area contributed by atoms with E-state index in [1.165, 1.54) is 6.42 Å². The lowest BCUT2D eigenvalue weighted by molar-refractivity contribution is 0.0963. The minimum Gasteiger partial charge on any atom is -0.357 e. The summed E-state index contributed by atoms with van der Waals surface area (Å²) in [5, 5.41) is 9.28. The van der Waals surface area contributed by atoms with Crippen LogP contribution in [0.1, 0.15) is 49.5 Å². The standard InChI is InChI=1S/C19H32N4O/c1-5-21-19(22-12-7-8-15(2)3)23-13-11-16-9-6-10-17(14-16)18(24)20-4/h6,9-10,14-15H,5,7-8,11-13H2,1-4H3,(H,20,24)(H2,21,22,23). The van der Waals surface area contributed by atoms with Crippen molar-refractivity contribution in [3.8, 4) is 0 Å². The van der Waals surface area contributed by atoms with Crippen molar-refractivity contribution >= 4 is 11.9 Å². The smallest absolute Gasteiger partial charge is 0.251 e. The predicted molar refractivity (Wildman–Crippen MR) is 102 cm³/mol. The molecule has 0 fully saturated rings. The maximum atomic E-state index is 11.7. The van der Waals surface area contributed by atoms with Gasteiger partial charge in [-0.2, -0.15) is 0 Å². The van der Waals surface area contributed by atoms with E-state index in [0.29, 0.717) is 5.56 Å². The second-order valence-corrected chi connectivity index (χ2v) is 6.25. The molecule has 1 aromatic carbocycles. The van der Waals surface area contributed by atoms with Crippen molar-refractivity contribution in [3.63, 3.8) is 0 Å². The molecule has 3 N–H and O–H groups in total. The third-order valence-electron chi connectivity index (χ3n) is 3.68. The number of amides is 1. The number of hydrogen-bond donors (Lipinski definition) is 3. The molecule has 0 aliphatic carbocycles. The van der Waals surface area contributed by atoms with E-state index in [1.807, 2.05) is 24.3 Å². The highest BCUT2D eigenvalue weighted by atomic mass is 16.1. The molecule has 1 rings (SSSR count). The molecule has 1 aromatic rings. The van der Waals surface area contributed by atoms with Crippen LogP contribution in [0, 0.1) is 5.92 Å². The molecule has 5 heteroatoms. The van der Waals surface area contributed by atoms with Gasteiger partial charge in [0.1, 0.15) is 0 Å². The number of carbonyl (C=O) groups is 1. The van der Waals surface area contributed by atoms with Gasteiger partial charge >= 0.3 is 0 Å². The van der Waals surface area contributed by atoms with Gasteiger partial charge in [-0.05, 0) is 49.8 Å². The lowest BCUT2D eigenvalue weighted by Crippen LogP contribution is -2.38. The van der Waals surface area contributed by atoms with Crippen LogP contribution in [0.15, 0.2) is 29.3 Å². The molecule has 0 aromatic heterocycles. The fraction of sp³-hybridized carbons (Fsp3) is 0.579. The summed E-state index contributed by atoms with van der Waals surface area (Å²) in [5.41, 5.74) is 1.84. The Balaban J connectivity index is 2.47. The molecule has 0 unspecified atom stereocenters. The predicted octanol–water partition coefficient (Wildman–Crippen LogP) is 2.58. The van der Waals surface area contributed by atoms with Gasteiger partial charge in [-0.25, -0.2) is 0 Å². The quantitative estimate of drug-likeness (QED) is 0.370. The largest absolute Gasteiger partial charge is 0.357 e. The second-order valence-electron chi connectivity index (χ2n) is 6.25. The lowest BCUT2D eigenvalue weighted by Gasteiger charge is -2.12. The van der Waals surface area contributed by atoms with Crippen LogP contribution in [0.5, 0.6) is 0 Å². The minimum absolute atomic E-state index is 0.0511. The van der Waals surface area contributed by atoms with E-state index in [9.17, 15) is 4.79 Å². The van der Waals surface area contributed by atoms with E-state index in [4.69, 9.17) is 0 Å². The number of benzene rings is 1. The van der Waals surface area contributed by atoms with Gasteiger partial charge in [-0.1, -0.05) is 26.0 Å². The molecule has 24 heavy (non-hydrogen) atoms. The van der Waals surface area contributed by atoms with Crippen molar-refractivity contribution in [2.45, 2.75) is 40.0 Å². The van der Waals surface area contributed by atoms with Crippen molar-refractivity contribution < 1.29 is 4.79 Å². The number of guanidine groups is 1. The minimum atomic E-state index is -0.0511. The zero-order valence-corrected chi connectivity index (χ0v) is 15.5. The van der Waals surface area contributed by atoms with Gasteiger partial charge in [0, 0.05) is 32.2 Å². The Morgan fingerprint density at radius 1 is 1.25 bits per heavy atom. The molecule has 0 saturated carbocycles. The summed E-state index contributed by atoms with van der Waals surface area (Å²) < 4.78 is 0. The Morgan fingerprint density at radius 3 is 2.71 bits per heavy atom. The summed E-state index contributed by atoms with van der Waals surface area (Å²) in [4.78, 5) is 16.3. The summed E-state index contributed by atoms with van der Waals surface area (Å²) in [6, 6.07) is 7.73. The summed E-state index contributed by atoms with van der Waals surface area (Å²) in [6.07, 6.45) is 3.17. The molecule has 0 bridgehead atoms. The zero-order valence-electron chi connectivity index (χ0n) is 15.5. The maximum Gasteiger partial charge on any atom is 0.251 e. The first-order valence-electron chi connectivity index (χ1n) is 8.90. The van der Waals surface area contributed by atoms with E-state index in [-0.39, 0.29) is 5.91 Å². The van der Waals surface area contributed by atoms with Crippen molar-refractivity contribution in [3.05, 3.63) is 35.4 Å². The van der Waals surface area contributed by atoms with E-state index in [2.05, 4.69) is 41.7 Å². The number of carbonyl (C=O) groups excluding carboxylic acids is 1. The van der Waals surface area contributed by atoms with E-state index in [1.54, 1.807) is 7.05 Å². The summed E-state index contributed by atoms with van der Waals surface area (Å²) in [5.74, 6) is 1.54. The molecule has 134 valence electrons. The van der Waals surface area contributed by atoms with Crippen LogP contribution in [0.25, 0.3) is 0 Å². The van der Waals surface area contributed by atoms with Gasteiger partial charge < -0.3 is 16.0 Å². The molecule has 0 spiro atoms. The lowest BCUT2D eigenvalue weighted by atomic mass is 10.1. The van der Waals surface area contributed by atoms with Gasteiger partial charge in [-0.3, -0.25) is 9.79 Å². The van der Waals surface area contributed by atoms with Crippen LogP contribution in [-0.2, 0) is 6.42 Å². The van der Waals surface area contributed by atoms with Crippen LogP contribution in [0.3, 0.4) is 0 Å². The molecule has 0 aliphatic rings. The van der Waals surface area contributed by atoms with Gasteiger partial charge in [-0.15, -0.1) is 0 Å². The summed E-state index contributed by atoms with van der Waals surface area (Å²) in [7, 11) is 1.65. The van der Waals surface area contributed by atoms with Gasteiger partial charge in [0.2, 0.25) is 0 Å². The summed E-state index contributed by atoms with van der Waals surface area (Å²) >= 11 is 0. The van der Waals surface area contributed by atoms with Crippen LogP contribution in [-0.4, -0.2) is 38.5 Å². The first kappa shape index (κ1) is 20.0. The fourth-order valence-electron chi connectivity index (χ4n) is 2.37. The molecule has 0 radical (unpaired) electrons. The Labute approximate surface area is 146 Å². The monoisotopic (exact) mass is 332 g/mol. The fourth-order valence-corrected chi connectivity index (χ4v) is 2.37. The average molecular weight is 332 g/mol. The number of rotatable bonds is 9. The van der Waals surface area contributed by atoms with Crippen LogP contribution in [0.4, 0.5) is 0 Å². The number of hydrogen-bond acceptors (Lipinski definition) is 2. The highest BCUT2D eigenvalue weighted by Crippen LogP contribution is 2.06. The highest BCUT2D eigenvalue weighted by molar-refractivity contribution is 5.94. The maximum absolute atomic E-state index is 11.7. The molecule has 1 amide bonds. The van der Waals surface area contributed by atoms with Gasteiger partial charge in [0.15, 0.2) is 5.96 Å². The van der Waals surface area contributed by atoms with Crippen molar-refractivity contribution in [1.82, 2.24) is 16.0 Å². The Kier molecular flexibility index (Phi) is 9.58. The molecule has 0 heterocycles. The third-order valence-corrected chi connectivity index (χ3v) is 3.68. The van der Waals surface area contributed by atoms with E-state index >= 15 is 0 Å². The second kappa shape index (κ2) is 11.5. The van der Waals surface area contributed by atoms with Crippen molar-refractivity contribution in [1.29, 1.82) is 0 Å². The van der Waals surface area contributed by atoms with Crippen LogP contribution < -0.4 is 16.0 Å². The normalized spacial score (nSPS) is 11.5. The first-order valence-corrected chi connectivity index (χ1v) is 8.90. The average Bonchev–Trinajstić information content (AvgIpc) is 2.58. The SMILES string of the molecule is CCNC(=NCCCC(C)C)NCCc1cccc(C(=O)NC)c1. The molecular weight excluding hydrogens is 300 g/mol. The Morgan fingerprint density at radius 2 is 2.04 bits per heavy atom. The summed E-state index contributed by atoms with van der Waals surface area (Å²) in [6.45, 7) is 9.02. The van der Waals surface area contributed by atoms with E-state index < -0.39 is 0 Å². The topological polar surface area (TPSA) is 65.5 Å². The van der Waals surface area contributed by atoms with Crippen LogP contribution in [0.2, 0.25) is 0 Å². The zero-order chi connectivity index (χ0) is 17.8. The van der Waals surface area contributed by atoms with Crippen LogP contribution >= 0.6 is 0 Å². The van der Waals surface area contributed by atoms with Crippen molar-refractivity contribution in [2.75, 3.05) is 26.7 Å².